The maximum absolute atomic E-state index is 11.4. The van der Waals surface area contributed by atoms with Crippen molar-refractivity contribution in [3.63, 3.8) is 0 Å². The van der Waals surface area contributed by atoms with E-state index in [9.17, 15) is 4.79 Å². The van der Waals surface area contributed by atoms with E-state index in [1.807, 2.05) is 26.8 Å². The van der Waals surface area contributed by atoms with Crippen molar-refractivity contribution in [1.82, 2.24) is 0 Å². The molecule has 0 fully saturated rings. The molecule has 0 unspecified atom stereocenters. The van der Waals surface area contributed by atoms with Gasteiger partial charge in [-0.15, -0.1) is 0 Å². The first kappa shape index (κ1) is 12.2. The fourth-order valence-corrected chi connectivity index (χ4v) is 1.08. The lowest BCUT2D eigenvalue weighted by Gasteiger charge is -2.18. The minimum atomic E-state index is -0.469. The topological polar surface area (TPSA) is 44.8 Å². The lowest BCUT2D eigenvalue weighted by atomic mass is 9.97. The number of hydrogen-bond donors (Lipinski definition) is 0. The molecule has 0 N–H and O–H groups in total. The van der Waals surface area contributed by atoms with E-state index in [-0.39, 0.29) is 25.0 Å². The molecule has 4 heteroatoms. The van der Waals surface area contributed by atoms with Crippen LogP contribution in [0.25, 0.3) is 0 Å². The first-order valence-electron chi connectivity index (χ1n) is 4.97. The Morgan fingerprint density at radius 3 is 2.53 bits per heavy atom. The van der Waals surface area contributed by atoms with Crippen LogP contribution in [0.4, 0.5) is 0 Å². The van der Waals surface area contributed by atoms with Crippen molar-refractivity contribution in [3.05, 3.63) is 12.2 Å². The molecule has 15 heavy (non-hydrogen) atoms. The standard InChI is InChI=1S/C11H18O4/c1-11(2,3)10(12)14-7-8-5-6-9(13-4)15-8/h5-6,8-9H,7H2,1-4H3/t8-,9+/m1/s1. The number of hydrogen-bond acceptors (Lipinski definition) is 4. The van der Waals surface area contributed by atoms with Gasteiger partial charge in [0.2, 0.25) is 0 Å². The summed E-state index contributed by atoms with van der Waals surface area (Å²) in [5.74, 6) is -0.222. The Hall–Kier alpha value is -0.870. The molecule has 2 atom stereocenters. The summed E-state index contributed by atoms with van der Waals surface area (Å²) in [5.41, 5.74) is -0.469. The highest BCUT2D eigenvalue weighted by Gasteiger charge is 2.25. The molecule has 0 spiro atoms. The fourth-order valence-electron chi connectivity index (χ4n) is 1.08. The van der Waals surface area contributed by atoms with Crippen LogP contribution in [-0.4, -0.2) is 32.1 Å². The molecule has 0 amide bonds. The summed E-state index contributed by atoms with van der Waals surface area (Å²) in [7, 11) is 1.57. The van der Waals surface area contributed by atoms with Gasteiger partial charge in [0.25, 0.3) is 0 Å². The van der Waals surface area contributed by atoms with Crippen molar-refractivity contribution in [1.29, 1.82) is 0 Å². The summed E-state index contributed by atoms with van der Waals surface area (Å²) in [6, 6.07) is 0. The number of carbonyl (C=O) groups is 1. The first-order valence-corrected chi connectivity index (χ1v) is 4.97. The molecule has 0 saturated carbocycles. The third kappa shape index (κ3) is 3.64. The minimum Gasteiger partial charge on any atom is -0.462 e. The van der Waals surface area contributed by atoms with Gasteiger partial charge in [0.1, 0.15) is 12.7 Å². The lowest BCUT2D eigenvalue weighted by molar-refractivity contribution is -0.161. The molecular formula is C11H18O4. The van der Waals surface area contributed by atoms with Crippen molar-refractivity contribution >= 4 is 5.97 Å². The molecule has 0 aromatic carbocycles. The van der Waals surface area contributed by atoms with Gasteiger partial charge in [0, 0.05) is 7.11 Å². The van der Waals surface area contributed by atoms with E-state index in [0.717, 1.165) is 0 Å². The normalized spacial score (nSPS) is 25.6. The summed E-state index contributed by atoms with van der Waals surface area (Å²) >= 11 is 0. The number of carbonyl (C=O) groups excluding carboxylic acids is 1. The van der Waals surface area contributed by atoms with E-state index in [2.05, 4.69) is 0 Å². The molecule has 0 aromatic heterocycles. The lowest BCUT2D eigenvalue weighted by Crippen LogP contribution is -2.27. The zero-order chi connectivity index (χ0) is 11.5. The molecule has 86 valence electrons. The predicted octanol–water partition coefficient (Wildman–Crippen LogP) is 1.50. The highest BCUT2D eigenvalue weighted by molar-refractivity contribution is 5.75. The van der Waals surface area contributed by atoms with Crippen molar-refractivity contribution in [2.75, 3.05) is 13.7 Å². The highest BCUT2D eigenvalue weighted by atomic mass is 16.7. The maximum atomic E-state index is 11.4. The second-order valence-corrected chi connectivity index (χ2v) is 4.51. The summed E-state index contributed by atoms with van der Waals surface area (Å²) in [5, 5.41) is 0. The van der Waals surface area contributed by atoms with Crippen LogP contribution in [0, 0.1) is 5.41 Å². The Bertz CT molecular complexity index is 252. The zero-order valence-electron chi connectivity index (χ0n) is 9.65. The Labute approximate surface area is 90.2 Å². The number of methoxy groups -OCH3 is 1. The van der Waals surface area contributed by atoms with Gasteiger partial charge in [-0.2, -0.15) is 0 Å². The van der Waals surface area contributed by atoms with Crippen molar-refractivity contribution in [2.24, 2.45) is 5.41 Å². The van der Waals surface area contributed by atoms with Crippen molar-refractivity contribution in [2.45, 2.75) is 33.2 Å². The van der Waals surface area contributed by atoms with Gasteiger partial charge in [-0.25, -0.2) is 0 Å². The Morgan fingerprint density at radius 2 is 2.07 bits per heavy atom. The van der Waals surface area contributed by atoms with Gasteiger partial charge < -0.3 is 14.2 Å². The molecule has 1 aliphatic heterocycles. The zero-order valence-corrected chi connectivity index (χ0v) is 9.65. The monoisotopic (exact) mass is 214 g/mol. The average molecular weight is 214 g/mol. The van der Waals surface area contributed by atoms with E-state index >= 15 is 0 Å². The third-order valence-electron chi connectivity index (χ3n) is 2.02. The summed E-state index contributed by atoms with van der Waals surface area (Å²) < 4.78 is 15.4. The van der Waals surface area contributed by atoms with Gasteiger partial charge in [0.05, 0.1) is 5.41 Å². The SMILES string of the molecule is CO[C@@H]1C=C[C@H](COC(=O)C(C)(C)C)O1. The Morgan fingerprint density at radius 1 is 1.40 bits per heavy atom. The molecule has 1 heterocycles. The summed E-state index contributed by atoms with van der Waals surface area (Å²) in [6.45, 7) is 5.70. The van der Waals surface area contributed by atoms with Crippen LogP contribution in [0.1, 0.15) is 20.8 Å². The van der Waals surface area contributed by atoms with Crippen molar-refractivity contribution in [3.8, 4) is 0 Å². The van der Waals surface area contributed by atoms with Crippen LogP contribution in [-0.2, 0) is 19.0 Å². The van der Waals surface area contributed by atoms with E-state index in [0.29, 0.717) is 0 Å². The van der Waals surface area contributed by atoms with Gasteiger partial charge >= 0.3 is 5.97 Å². The molecule has 1 rings (SSSR count). The molecule has 0 bridgehead atoms. The molecule has 0 radical (unpaired) electrons. The Kier molecular flexibility index (Phi) is 3.88. The summed E-state index contributed by atoms with van der Waals surface area (Å²) in [6.07, 6.45) is 3.13. The molecule has 0 aromatic rings. The van der Waals surface area contributed by atoms with Gasteiger partial charge in [-0.3, -0.25) is 4.79 Å². The van der Waals surface area contributed by atoms with Crippen LogP contribution in [0.2, 0.25) is 0 Å². The van der Waals surface area contributed by atoms with E-state index < -0.39 is 5.41 Å². The molecule has 4 nitrogen and oxygen atoms in total. The number of ether oxygens (including phenoxy) is 3. The van der Waals surface area contributed by atoms with E-state index in [4.69, 9.17) is 14.2 Å². The minimum absolute atomic E-state index is 0.193. The van der Waals surface area contributed by atoms with E-state index in [1.54, 1.807) is 13.2 Å². The van der Waals surface area contributed by atoms with Gasteiger partial charge in [-0.05, 0) is 26.8 Å². The van der Waals surface area contributed by atoms with E-state index in [1.165, 1.54) is 0 Å². The quantitative estimate of drug-likeness (QED) is 0.527. The molecule has 0 aliphatic carbocycles. The predicted molar refractivity (Wildman–Crippen MR) is 55.2 cm³/mol. The second-order valence-electron chi connectivity index (χ2n) is 4.51. The summed E-state index contributed by atoms with van der Waals surface area (Å²) in [4.78, 5) is 11.4. The third-order valence-corrected chi connectivity index (χ3v) is 2.02. The highest BCUT2D eigenvalue weighted by Crippen LogP contribution is 2.17. The van der Waals surface area contributed by atoms with Gasteiger partial charge in [0.15, 0.2) is 6.29 Å². The number of esters is 1. The molecular weight excluding hydrogens is 196 g/mol. The number of rotatable bonds is 3. The Balaban J connectivity index is 2.28. The smallest absolute Gasteiger partial charge is 0.311 e. The van der Waals surface area contributed by atoms with Crippen LogP contribution in [0.15, 0.2) is 12.2 Å². The van der Waals surface area contributed by atoms with Crippen LogP contribution < -0.4 is 0 Å². The molecule has 1 aliphatic rings. The largest absolute Gasteiger partial charge is 0.462 e. The second kappa shape index (κ2) is 4.77. The van der Waals surface area contributed by atoms with Gasteiger partial charge in [-0.1, -0.05) is 6.08 Å². The van der Waals surface area contributed by atoms with Crippen molar-refractivity contribution < 1.29 is 19.0 Å². The van der Waals surface area contributed by atoms with Crippen LogP contribution in [0.5, 0.6) is 0 Å². The molecule has 0 saturated heterocycles. The fraction of sp³-hybridized carbons (Fsp3) is 0.727. The van der Waals surface area contributed by atoms with Crippen LogP contribution >= 0.6 is 0 Å². The van der Waals surface area contributed by atoms with Crippen LogP contribution in [0.3, 0.4) is 0 Å². The first-order chi connectivity index (χ1) is 6.93. The maximum Gasteiger partial charge on any atom is 0.311 e. The average Bonchev–Trinajstić information content (AvgIpc) is 2.60.